The number of aliphatic hydroxyl groups excluding tert-OH is 1. The minimum atomic E-state index is -2.96. The maximum atomic E-state index is 13.0. The molecule has 1 saturated heterocycles. The van der Waals surface area contributed by atoms with Crippen molar-refractivity contribution in [3.05, 3.63) is 89.5 Å². The topological polar surface area (TPSA) is 118 Å². The Balaban J connectivity index is 1.42. The fraction of sp³-hybridized carbons (Fsp3) is 0.375. The highest BCUT2D eigenvalue weighted by molar-refractivity contribution is 5.94. The van der Waals surface area contributed by atoms with Gasteiger partial charge in [-0.05, 0) is 66.1 Å². The molecule has 0 aromatic heterocycles. The molecule has 1 aliphatic rings. The summed E-state index contributed by atoms with van der Waals surface area (Å²) in [5, 5.41) is 22.1. The Morgan fingerprint density at radius 2 is 1.53 bits per heavy atom. The van der Waals surface area contributed by atoms with Gasteiger partial charge >= 0.3 is 19.2 Å². The number of carbonyl (C=O) groups excluding carboxylic acids is 1. The molecule has 3 aromatic rings. The summed E-state index contributed by atoms with van der Waals surface area (Å²) in [6, 6.07) is 17.6. The SMILES string of the molecule is CCC(C(=O)O)c1ccc([C@H](CO)NC(=O)c2ccc(N3CC(Oc4ccc(OC(F)F)cc4)C[C@H]3COC(F)F)cc2)cc1. The van der Waals surface area contributed by atoms with E-state index in [1.807, 2.05) is 4.90 Å². The minimum Gasteiger partial charge on any atom is -0.489 e. The number of anilines is 1. The van der Waals surface area contributed by atoms with Gasteiger partial charge in [0.05, 0.1) is 37.8 Å². The molecule has 242 valence electrons. The van der Waals surface area contributed by atoms with Crippen LogP contribution in [0, 0.1) is 0 Å². The normalized spacial score (nSPS) is 17.7. The van der Waals surface area contributed by atoms with Gasteiger partial charge in [-0.3, -0.25) is 9.59 Å². The largest absolute Gasteiger partial charge is 0.489 e. The molecule has 2 unspecified atom stereocenters. The predicted molar refractivity (Wildman–Crippen MR) is 156 cm³/mol. The van der Waals surface area contributed by atoms with Crippen molar-refractivity contribution in [3.8, 4) is 11.5 Å². The van der Waals surface area contributed by atoms with E-state index in [1.54, 1.807) is 55.5 Å². The van der Waals surface area contributed by atoms with Gasteiger partial charge < -0.3 is 34.6 Å². The van der Waals surface area contributed by atoms with Gasteiger partial charge in [0.2, 0.25) is 0 Å². The van der Waals surface area contributed by atoms with Crippen LogP contribution in [0.5, 0.6) is 11.5 Å². The van der Waals surface area contributed by atoms with Gasteiger partial charge in [0.25, 0.3) is 5.91 Å². The second-order valence-corrected chi connectivity index (χ2v) is 10.4. The second kappa shape index (κ2) is 15.6. The molecule has 45 heavy (non-hydrogen) atoms. The van der Waals surface area contributed by atoms with Crippen molar-refractivity contribution in [3.63, 3.8) is 0 Å². The van der Waals surface area contributed by atoms with Crippen LogP contribution in [-0.2, 0) is 9.53 Å². The third-order valence-corrected chi connectivity index (χ3v) is 7.54. The number of carboxylic acids is 1. The molecule has 0 saturated carbocycles. The second-order valence-electron chi connectivity index (χ2n) is 10.4. The van der Waals surface area contributed by atoms with Crippen LogP contribution in [0.2, 0.25) is 0 Å². The number of benzene rings is 3. The molecule has 0 bridgehead atoms. The lowest BCUT2D eigenvalue weighted by Crippen LogP contribution is -2.34. The summed E-state index contributed by atoms with van der Waals surface area (Å²) in [5.74, 6) is -1.67. The fourth-order valence-electron chi connectivity index (χ4n) is 5.30. The molecule has 1 fully saturated rings. The zero-order chi connectivity index (χ0) is 32.5. The molecular weight excluding hydrogens is 600 g/mol. The van der Waals surface area contributed by atoms with Crippen molar-refractivity contribution in [1.29, 1.82) is 0 Å². The first-order valence-electron chi connectivity index (χ1n) is 14.3. The van der Waals surface area contributed by atoms with E-state index in [1.165, 1.54) is 24.3 Å². The van der Waals surface area contributed by atoms with Gasteiger partial charge in [-0.15, -0.1) is 0 Å². The summed E-state index contributed by atoms with van der Waals surface area (Å²) in [6.45, 7) is -4.49. The molecule has 9 nitrogen and oxygen atoms in total. The maximum absolute atomic E-state index is 13.0. The molecule has 0 spiro atoms. The van der Waals surface area contributed by atoms with Crippen molar-refractivity contribution in [1.82, 2.24) is 5.32 Å². The van der Waals surface area contributed by atoms with Crippen molar-refractivity contribution in [2.24, 2.45) is 0 Å². The van der Waals surface area contributed by atoms with Crippen LogP contribution in [0.3, 0.4) is 0 Å². The quantitative estimate of drug-likeness (QED) is 0.185. The molecule has 1 aliphatic heterocycles. The predicted octanol–water partition coefficient (Wildman–Crippen LogP) is 5.60. The number of nitrogens with one attached hydrogen (secondary N) is 1. The monoisotopic (exact) mass is 634 g/mol. The highest BCUT2D eigenvalue weighted by Crippen LogP contribution is 2.30. The first-order chi connectivity index (χ1) is 21.6. The zero-order valence-electron chi connectivity index (χ0n) is 24.3. The molecule has 1 heterocycles. The van der Waals surface area contributed by atoms with Crippen molar-refractivity contribution >= 4 is 17.6 Å². The van der Waals surface area contributed by atoms with Crippen molar-refractivity contribution < 1.29 is 51.6 Å². The van der Waals surface area contributed by atoms with Gasteiger partial charge in [0.1, 0.15) is 17.6 Å². The first-order valence-corrected chi connectivity index (χ1v) is 14.3. The molecule has 13 heteroatoms. The average Bonchev–Trinajstić information content (AvgIpc) is 3.42. The highest BCUT2D eigenvalue weighted by Gasteiger charge is 2.34. The molecule has 4 rings (SSSR count). The lowest BCUT2D eigenvalue weighted by molar-refractivity contribution is -0.138. The number of aliphatic hydroxyl groups is 1. The smallest absolute Gasteiger partial charge is 0.387 e. The van der Waals surface area contributed by atoms with E-state index in [9.17, 15) is 37.4 Å². The molecular formula is C32H34F4N2O7. The Kier molecular flexibility index (Phi) is 11.6. The van der Waals surface area contributed by atoms with Gasteiger partial charge in [-0.2, -0.15) is 17.6 Å². The van der Waals surface area contributed by atoms with Crippen LogP contribution in [0.4, 0.5) is 23.2 Å². The Hall–Kier alpha value is -4.36. The van der Waals surface area contributed by atoms with E-state index < -0.39 is 49.2 Å². The molecule has 0 aliphatic carbocycles. The number of aliphatic carboxylic acids is 1. The number of nitrogens with zero attached hydrogens (tertiary/aromatic N) is 1. The van der Waals surface area contributed by atoms with Crippen LogP contribution in [-0.4, -0.2) is 67.2 Å². The van der Waals surface area contributed by atoms with Gasteiger partial charge in [-0.25, -0.2) is 0 Å². The third kappa shape index (κ3) is 9.08. The molecule has 4 atom stereocenters. The maximum Gasteiger partial charge on any atom is 0.387 e. The Morgan fingerprint density at radius 1 is 0.911 bits per heavy atom. The van der Waals surface area contributed by atoms with Gasteiger partial charge in [0.15, 0.2) is 0 Å². The minimum absolute atomic E-state index is 0.0261. The van der Waals surface area contributed by atoms with Gasteiger partial charge in [0, 0.05) is 17.7 Å². The van der Waals surface area contributed by atoms with Gasteiger partial charge in [-0.1, -0.05) is 31.2 Å². The van der Waals surface area contributed by atoms with Crippen LogP contribution >= 0.6 is 0 Å². The molecule has 3 N–H and O–H groups in total. The number of carboxylic acid groups (broad SMARTS) is 1. The fourth-order valence-corrected chi connectivity index (χ4v) is 5.30. The van der Waals surface area contributed by atoms with E-state index in [4.69, 9.17) is 4.74 Å². The number of halogens is 4. The summed E-state index contributed by atoms with van der Waals surface area (Å²) < 4.78 is 65.5. The van der Waals surface area contributed by atoms with E-state index in [-0.39, 0.29) is 19.0 Å². The number of amides is 1. The summed E-state index contributed by atoms with van der Waals surface area (Å²) in [7, 11) is 0. The molecule has 3 aromatic carbocycles. The third-order valence-electron chi connectivity index (χ3n) is 7.54. The summed E-state index contributed by atoms with van der Waals surface area (Å²) >= 11 is 0. The number of carbonyl (C=O) groups is 2. The van der Waals surface area contributed by atoms with Crippen LogP contribution < -0.4 is 19.7 Å². The Morgan fingerprint density at radius 3 is 2.09 bits per heavy atom. The lowest BCUT2D eigenvalue weighted by atomic mass is 9.94. The average molecular weight is 635 g/mol. The Labute approximate surface area is 257 Å². The summed E-state index contributed by atoms with van der Waals surface area (Å²) in [4.78, 5) is 26.3. The van der Waals surface area contributed by atoms with E-state index in [0.717, 1.165) is 0 Å². The zero-order valence-corrected chi connectivity index (χ0v) is 24.3. The Bertz CT molecular complexity index is 1390. The van der Waals surface area contributed by atoms with E-state index >= 15 is 0 Å². The van der Waals surface area contributed by atoms with E-state index in [2.05, 4.69) is 14.8 Å². The lowest BCUT2D eigenvalue weighted by Gasteiger charge is -2.26. The summed E-state index contributed by atoms with van der Waals surface area (Å²) in [6.07, 6.45) is 0.332. The van der Waals surface area contributed by atoms with Crippen LogP contribution in [0.1, 0.15) is 53.2 Å². The number of alkyl halides is 4. The number of hydrogen-bond acceptors (Lipinski definition) is 7. The summed E-state index contributed by atoms with van der Waals surface area (Å²) in [5.41, 5.74) is 2.16. The molecule has 0 radical (unpaired) electrons. The standard InChI is InChI=1S/C32H34F4N2O7/c1-2-27(30(41)42)19-3-5-20(6-4-19)28(17-39)37-29(40)21-7-9-22(10-8-21)38-16-26(15-23(38)18-43-31(33)34)44-24-11-13-25(14-12-24)45-32(35)36/h3-14,23,26-28,31-32,39H,2,15-18H2,1H3,(H,37,40)(H,41,42)/t23-,26?,27?,28-/m0/s1. The molecule has 1 amide bonds. The number of hydrogen-bond donors (Lipinski definition) is 3. The van der Waals surface area contributed by atoms with Crippen LogP contribution in [0.25, 0.3) is 0 Å². The van der Waals surface area contributed by atoms with Crippen LogP contribution in [0.15, 0.2) is 72.8 Å². The van der Waals surface area contributed by atoms with Crippen molar-refractivity contribution in [2.75, 3.05) is 24.7 Å². The van der Waals surface area contributed by atoms with Crippen molar-refractivity contribution in [2.45, 2.75) is 57.1 Å². The number of ether oxygens (including phenoxy) is 3. The highest BCUT2D eigenvalue weighted by atomic mass is 19.3. The van der Waals surface area contributed by atoms with E-state index in [0.29, 0.717) is 47.5 Å². The first kappa shape index (κ1) is 33.5. The number of rotatable bonds is 15.